The van der Waals surface area contributed by atoms with Gasteiger partial charge >= 0.3 is 6.03 Å². The van der Waals surface area contributed by atoms with Gasteiger partial charge in [-0.1, -0.05) is 12.1 Å². The van der Waals surface area contributed by atoms with Gasteiger partial charge in [0.05, 0.1) is 18.1 Å². The zero-order valence-corrected chi connectivity index (χ0v) is 23.0. The lowest BCUT2D eigenvalue weighted by molar-refractivity contribution is -0.134. The van der Waals surface area contributed by atoms with Crippen LogP contribution in [0.5, 0.6) is 0 Å². The predicted molar refractivity (Wildman–Crippen MR) is 149 cm³/mol. The minimum Gasteiger partial charge on any atom is -0.379 e. The molecule has 1 unspecified atom stereocenters. The van der Waals surface area contributed by atoms with Crippen molar-refractivity contribution in [1.82, 2.24) is 34.6 Å². The van der Waals surface area contributed by atoms with Crippen LogP contribution in [0.15, 0.2) is 30.6 Å². The van der Waals surface area contributed by atoms with Gasteiger partial charge in [-0.05, 0) is 49.9 Å². The Labute approximate surface area is 228 Å². The third kappa shape index (κ3) is 5.81. The third-order valence-electron chi connectivity index (χ3n) is 7.56. The van der Waals surface area contributed by atoms with E-state index in [1.165, 1.54) is 10.9 Å². The molecule has 1 aromatic carbocycles. The number of likely N-dealkylation sites (tertiary alicyclic amines) is 1. The van der Waals surface area contributed by atoms with E-state index >= 15 is 0 Å². The Hall–Kier alpha value is -3.77. The summed E-state index contributed by atoms with van der Waals surface area (Å²) in [6.07, 6.45) is 5.24. The second-order valence-corrected chi connectivity index (χ2v) is 10.5. The number of fused-ring (bicyclic) bond motifs is 1. The van der Waals surface area contributed by atoms with Crippen molar-refractivity contribution < 1.29 is 14.3 Å². The molecule has 1 aliphatic heterocycles. The van der Waals surface area contributed by atoms with Crippen molar-refractivity contribution in [3.05, 3.63) is 36.2 Å². The summed E-state index contributed by atoms with van der Waals surface area (Å²) >= 11 is 0. The number of carbonyl (C=O) groups is 2. The smallest absolute Gasteiger partial charge is 0.328 e. The van der Waals surface area contributed by atoms with Gasteiger partial charge in [-0.2, -0.15) is 9.97 Å². The second kappa shape index (κ2) is 11.5. The SMILES string of the molecule is CNc1nc(Nc2cccc(CN3CCCC(C(=O)N(C)C)C3)c2)nc2c1ncn2C(=O)N[C@@H]1CC[C@H]1OC. The summed E-state index contributed by atoms with van der Waals surface area (Å²) < 4.78 is 6.81. The van der Waals surface area contributed by atoms with Crippen LogP contribution in [0, 0.1) is 5.92 Å². The van der Waals surface area contributed by atoms with Crippen LogP contribution >= 0.6 is 0 Å². The summed E-state index contributed by atoms with van der Waals surface area (Å²) in [5, 5.41) is 9.36. The van der Waals surface area contributed by atoms with Crippen LogP contribution in [0.2, 0.25) is 0 Å². The largest absolute Gasteiger partial charge is 0.379 e. The Morgan fingerprint density at radius 1 is 1.18 bits per heavy atom. The number of piperidine rings is 1. The van der Waals surface area contributed by atoms with Gasteiger partial charge in [0.1, 0.15) is 6.33 Å². The normalized spacial score (nSPS) is 21.3. The summed E-state index contributed by atoms with van der Waals surface area (Å²) in [5.74, 6) is 1.11. The summed E-state index contributed by atoms with van der Waals surface area (Å²) in [4.78, 5) is 43.1. The Kier molecular flexibility index (Phi) is 7.94. The lowest BCUT2D eigenvalue weighted by atomic mass is 9.89. The van der Waals surface area contributed by atoms with E-state index in [0.29, 0.717) is 22.9 Å². The van der Waals surface area contributed by atoms with Crippen molar-refractivity contribution in [1.29, 1.82) is 0 Å². The molecule has 12 nitrogen and oxygen atoms in total. The molecule has 5 rings (SSSR count). The fraction of sp³-hybridized carbons (Fsp3) is 0.519. The van der Waals surface area contributed by atoms with Crippen LogP contribution < -0.4 is 16.0 Å². The molecule has 0 radical (unpaired) electrons. The van der Waals surface area contributed by atoms with E-state index in [9.17, 15) is 9.59 Å². The number of hydrogen-bond acceptors (Lipinski definition) is 9. The molecule has 0 bridgehead atoms. The van der Waals surface area contributed by atoms with Gasteiger partial charge in [-0.25, -0.2) is 14.3 Å². The number of aromatic nitrogens is 4. The number of rotatable bonds is 8. The number of nitrogens with zero attached hydrogens (tertiary/aromatic N) is 6. The maximum Gasteiger partial charge on any atom is 0.328 e. The van der Waals surface area contributed by atoms with Crippen molar-refractivity contribution in [2.45, 2.75) is 44.4 Å². The quantitative estimate of drug-likeness (QED) is 0.399. The zero-order valence-electron chi connectivity index (χ0n) is 23.0. The van der Waals surface area contributed by atoms with Crippen LogP contribution in [-0.2, 0) is 16.1 Å². The van der Waals surface area contributed by atoms with Crippen LogP contribution in [0.25, 0.3) is 11.2 Å². The van der Waals surface area contributed by atoms with Crippen molar-refractivity contribution >= 4 is 40.6 Å². The highest BCUT2D eigenvalue weighted by atomic mass is 16.5. The monoisotopic (exact) mass is 535 g/mol. The number of benzene rings is 1. The maximum absolute atomic E-state index is 13.0. The maximum atomic E-state index is 13.0. The van der Waals surface area contributed by atoms with Gasteiger partial charge in [0.2, 0.25) is 11.9 Å². The van der Waals surface area contributed by atoms with E-state index in [4.69, 9.17) is 4.74 Å². The number of carbonyl (C=O) groups excluding carboxylic acids is 2. The third-order valence-corrected chi connectivity index (χ3v) is 7.56. The summed E-state index contributed by atoms with van der Waals surface area (Å²) in [5.41, 5.74) is 2.88. The van der Waals surface area contributed by atoms with E-state index in [1.807, 2.05) is 26.2 Å². The summed E-state index contributed by atoms with van der Waals surface area (Å²) in [7, 11) is 7.06. The first-order valence-electron chi connectivity index (χ1n) is 13.4. The lowest BCUT2D eigenvalue weighted by Crippen LogP contribution is -2.52. The van der Waals surface area contributed by atoms with Gasteiger partial charge < -0.3 is 25.6 Å². The number of ether oxygens (including phenoxy) is 1. The van der Waals surface area contributed by atoms with Crippen molar-refractivity contribution in [2.75, 3.05) is 52.0 Å². The van der Waals surface area contributed by atoms with Gasteiger partial charge in [-0.3, -0.25) is 9.69 Å². The average molecular weight is 536 g/mol. The molecule has 208 valence electrons. The molecule has 2 fully saturated rings. The first-order chi connectivity index (χ1) is 18.9. The van der Waals surface area contributed by atoms with Gasteiger partial charge in [0.15, 0.2) is 17.0 Å². The molecular formula is C27H37N9O3. The number of imidazole rings is 1. The average Bonchev–Trinajstić information content (AvgIpc) is 3.35. The second-order valence-electron chi connectivity index (χ2n) is 10.5. The molecule has 39 heavy (non-hydrogen) atoms. The molecule has 3 aromatic rings. The first-order valence-corrected chi connectivity index (χ1v) is 13.4. The fourth-order valence-corrected chi connectivity index (χ4v) is 5.32. The number of hydrogen-bond donors (Lipinski definition) is 3. The summed E-state index contributed by atoms with van der Waals surface area (Å²) in [6, 6.07) is 7.77. The summed E-state index contributed by atoms with van der Waals surface area (Å²) in [6.45, 7) is 2.49. The highest BCUT2D eigenvalue weighted by molar-refractivity contribution is 5.92. The van der Waals surface area contributed by atoms with Gasteiger partial charge in [0.25, 0.3) is 0 Å². The predicted octanol–water partition coefficient (Wildman–Crippen LogP) is 2.65. The number of amides is 2. The molecule has 3 atom stereocenters. The first kappa shape index (κ1) is 26.8. The number of nitrogens with one attached hydrogen (secondary N) is 3. The molecule has 12 heteroatoms. The highest BCUT2D eigenvalue weighted by Crippen LogP contribution is 2.26. The van der Waals surface area contributed by atoms with Crippen LogP contribution in [0.3, 0.4) is 0 Å². The Bertz CT molecular complexity index is 1340. The highest BCUT2D eigenvalue weighted by Gasteiger charge is 2.33. The topological polar surface area (TPSA) is 130 Å². The minimum absolute atomic E-state index is 0.0259. The zero-order chi connectivity index (χ0) is 27.5. The van der Waals surface area contributed by atoms with Gasteiger partial charge in [-0.15, -0.1) is 0 Å². The van der Waals surface area contributed by atoms with Gasteiger partial charge in [0, 0.05) is 47.0 Å². The molecule has 2 aromatic heterocycles. The molecule has 1 aliphatic carbocycles. The van der Waals surface area contributed by atoms with Crippen molar-refractivity contribution in [2.24, 2.45) is 5.92 Å². The van der Waals surface area contributed by atoms with Crippen LogP contribution in [0.1, 0.15) is 31.2 Å². The fourth-order valence-electron chi connectivity index (χ4n) is 5.32. The number of anilines is 3. The van der Waals surface area contributed by atoms with E-state index in [0.717, 1.165) is 56.6 Å². The van der Waals surface area contributed by atoms with Crippen LogP contribution in [0.4, 0.5) is 22.2 Å². The molecule has 2 aliphatic rings. The van der Waals surface area contributed by atoms with E-state index < -0.39 is 0 Å². The standard InChI is InChI=1S/C27H37N9O3/c1-28-23-22-24(36(16-29-22)27(38)31-20-10-11-21(20)39-4)33-26(32-23)30-19-9-5-7-17(13-19)14-35-12-6-8-18(15-35)25(37)34(2)3/h5,7,9,13,16,18,20-21H,6,8,10-12,14-15H2,1-4H3,(H,31,38)(H2,28,30,32,33)/t18?,20-,21-/m1/s1. The molecule has 1 saturated heterocycles. The molecule has 3 heterocycles. The molecule has 1 saturated carbocycles. The number of methoxy groups -OCH3 is 1. The van der Waals surface area contributed by atoms with Crippen molar-refractivity contribution in [3.8, 4) is 0 Å². The Morgan fingerprint density at radius 3 is 2.74 bits per heavy atom. The van der Waals surface area contributed by atoms with E-state index in [2.05, 4.69) is 47.9 Å². The lowest BCUT2D eigenvalue weighted by Gasteiger charge is -2.35. The molecule has 0 spiro atoms. The Morgan fingerprint density at radius 2 is 2.03 bits per heavy atom. The minimum atomic E-state index is -0.300. The Balaban J connectivity index is 1.32. The van der Waals surface area contributed by atoms with Crippen LogP contribution in [-0.4, -0.2) is 94.7 Å². The van der Waals surface area contributed by atoms with E-state index in [1.54, 1.807) is 19.1 Å². The van der Waals surface area contributed by atoms with Crippen molar-refractivity contribution in [3.63, 3.8) is 0 Å². The molecule has 2 amide bonds. The molecule has 3 N–H and O–H groups in total. The van der Waals surface area contributed by atoms with E-state index in [-0.39, 0.29) is 30.0 Å². The molecular weight excluding hydrogens is 498 g/mol.